The van der Waals surface area contributed by atoms with Crippen molar-refractivity contribution in [3.63, 3.8) is 0 Å². The summed E-state index contributed by atoms with van der Waals surface area (Å²) in [5.41, 5.74) is 2.45. The number of carbonyl (C=O) groups is 2. The van der Waals surface area contributed by atoms with Crippen LogP contribution >= 0.6 is 11.3 Å². The minimum atomic E-state index is -0.139. The molecule has 0 bridgehead atoms. The van der Waals surface area contributed by atoms with Crippen molar-refractivity contribution in [1.29, 1.82) is 0 Å². The summed E-state index contributed by atoms with van der Waals surface area (Å²) in [6.45, 7) is 12.1. The molecule has 1 unspecified atom stereocenters. The molecule has 0 spiro atoms. The highest BCUT2D eigenvalue weighted by Crippen LogP contribution is 2.34. The zero-order chi connectivity index (χ0) is 23.3. The number of amides is 2. The summed E-state index contributed by atoms with van der Waals surface area (Å²) in [5, 5.41) is 2.09. The fourth-order valence-electron chi connectivity index (χ4n) is 4.17. The fraction of sp³-hybridized carbons (Fsp3) is 0.538. The van der Waals surface area contributed by atoms with Crippen molar-refractivity contribution < 1.29 is 14.3 Å². The van der Waals surface area contributed by atoms with Gasteiger partial charge in [0.25, 0.3) is 0 Å². The molecule has 0 saturated carbocycles. The first-order chi connectivity index (χ1) is 15.3. The normalized spacial score (nSPS) is 15.7. The summed E-state index contributed by atoms with van der Waals surface area (Å²) in [6, 6.07) is 10.2. The van der Waals surface area contributed by atoms with Gasteiger partial charge in [-0.25, -0.2) is 0 Å². The lowest BCUT2D eigenvalue weighted by Gasteiger charge is -2.37. The lowest BCUT2D eigenvalue weighted by molar-refractivity contribution is -0.143. The first kappa shape index (κ1) is 24.3. The molecule has 32 heavy (non-hydrogen) atoms. The highest BCUT2D eigenvalue weighted by Gasteiger charge is 2.33. The van der Waals surface area contributed by atoms with E-state index in [9.17, 15) is 9.59 Å². The predicted octanol–water partition coefficient (Wildman–Crippen LogP) is 5.27. The average molecular weight is 457 g/mol. The molecule has 6 heteroatoms. The van der Waals surface area contributed by atoms with Gasteiger partial charge in [0.1, 0.15) is 12.4 Å². The van der Waals surface area contributed by atoms with Gasteiger partial charge < -0.3 is 14.5 Å². The van der Waals surface area contributed by atoms with Crippen LogP contribution in [0.15, 0.2) is 35.7 Å². The van der Waals surface area contributed by atoms with E-state index < -0.39 is 0 Å². The summed E-state index contributed by atoms with van der Waals surface area (Å²) in [5.74, 6) is 1.62. The molecule has 0 saturated heterocycles. The quantitative estimate of drug-likeness (QED) is 0.516. The van der Waals surface area contributed by atoms with Crippen LogP contribution in [0, 0.1) is 5.92 Å². The highest BCUT2D eigenvalue weighted by molar-refractivity contribution is 7.10. The van der Waals surface area contributed by atoms with Crippen LogP contribution in [0.2, 0.25) is 0 Å². The van der Waals surface area contributed by atoms with Gasteiger partial charge in [0, 0.05) is 24.4 Å². The molecule has 0 radical (unpaired) electrons. The second-order valence-electron chi connectivity index (χ2n) is 9.21. The van der Waals surface area contributed by atoms with E-state index in [1.807, 2.05) is 24.0 Å². The summed E-state index contributed by atoms with van der Waals surface area (Å²) >= 11 is 1.74. The zero-order valence-corrected chi connectivity index (χ0v) is 20.8. The molecule has 5 nitrogen and oxygen atoms in total. The molecule has 2 amide bonds. The number of benzene rings is 1. The maximum absolute atomic E-state index is 13.4. The molecule has 0 aliphatic carbocycles. The molecule has 2 aromatic rings. The number of hydrogen-bond acceptors (Lipinski definition) is 4. The van der Waals surface area contributed by atoms with Crippen LogP contribution in [-0.2, 0) is 16.0 Å². The van der Waals surface area contributed by atoms with Crippen LogP contribution in [0.1, 0.15) is 69.0 Å². The summed E-state index contributed by atoms with van der Waals surface area (Å²) in [7, 11) is 0. The van der Waals surface area contributed by atoms with Crippen molar-refractivity contribution in [2.24, 2.45) is 5.92 Å². The van der Waals surface area contributed by atoms with Crippen molar-refractivity contribution >= 4 is 23.2 Å². The van der Waals surface area contributed by atoms with Crippen LogP contribution in [0.4, 0.5) is 0 Å². The molecule has 1 aromatic carbocycles. The van der Waals surface area contributed by atoms with E-state index in [-0.39, 0.29) is 24.4 Å². The van der Waals surface area contributed by atoms with Crippen molar-refractivity contribution in [2.45, 2.75) is 59.4 Å². The number of ether oxygens (including phenoxy) is 1. The van der Waals surface area contributed by atoms with E-state index in [4.69, 9.17) is 4.74 Å². The molecule has 0 fully saturated rings. The first-order valence-electron chi connectivity index (χ1n) is 11.7. The van der Waals surface area contributed by atoms with Gasteiger partial charge >= 0.3 is 0 Å². The number of carbonyl (C=O) groups excluding carboxylic acids is 2. The Labute approximate surface area is 196 Å². The number of rotatable bonds is 9. The van der Waals surface area contributed by atoms with E-state index in [0.717, 1.165) is 12.2 Å². The molecule has 2 heterocycles. The van der Waals surface area contributed by atoms with Gasteiger partial charge in [-0.15, -0.1) is 11.3 Å². The van der Waals surface area contributed by atoms with Gasteiger partial charge in [-0.05, 0) is 53.0 Å². The minimum absolute atomic E-state index is 0.00643. The molecule has 3 rings (SSSR count). The van der Waals surface area contributed by atoms with Crippen molar-refractivity contribution in [3.8, 4) is 5.75 Å². The molecule has 1 aliphatic heterocycles. The molecular formula is C26H36N2O3S. The van der Waals surface area contributed by atoms with Gasteiger partial charge in [-0.2, -0.15) is 0 Å². The van der Waals surface area contributed by atoms with Crippen molar-refractivity contribution in [3.05, 3.63) is 51.7 Å². The Balaban J connectivity index is 1.75. The Morgan fingerprint density at radius 2 is 1.88 bits per heavy atom. The average Bonchev–Trinajstić information content (AvgIpc) is 3.25. The molecule has 1 aromatic heterocycles. The number of nitrogens with zero attached hydrogens (tertiary/aromatic N) is 2. The Kier molecular flexibility index (Phi) is 8.35. The standard InChI is InChI=1S/C26H36N2O3S/c1-6-25(29)27(15-18(2)3)16-26(30)28-13-11-24-22(12-14-32-24)23(28)17-31-21-9-7-20(8-10-21)19(4)5/h7-10,12,14,18-19,23H,6,11,13,15-17H2,1-5H3. The fourth-order valence-corrected chi connectivity index (χ4v) is 5.10. The van der Waals surface area contributed by atoms with Gasteiger partial charge in [0.05, 0.1) is 12.6 Å². The van der Waals surface area contributed by atoms with Gasteiger partial charge in [0.2, 0.25) is 11.8 Å². The van der Waals surface area contributed by atoms with E-state index in [0.29, 0.717) is 38.0 Å². The smallest absolute Gasteiger partial charge is 0.242 e. The second-order valence-corrected chi connectivity index (χ2v) is 10.2. The molecule has 0 N–H and O–H groups in total. The van der Waals surface area contributed by atoms with Crippen LogP contribution in [-0.4, -0.2) is 47.9 Å². The Bertz CT molecular complexity index is 904. The van der Waals surface area contributed by atoms with Crippen LogP contribution in [0.25, 0.3) is 0 Å². The van der Waals surface area contributed by atoms with Crippen LogP contribution < -0.4 is 4.74 Å². The maximum atomic E-state index is 13.4. The minimum Gasteiger partial charge on any atom is -0.491 e. The molecule has 1 atom stereocenters. The Morgan fingerprint density at radius 1 is 1.16 bits per heavy atom. The lowest BCUT2D eigenvalue weighted by atomic mass is 10.00. The Morgan fingerprint density at radius 3 is 2.50 bits per heavy atom. The second kappa shape index (κ2) is 11.0. The largest absolute Gasteiger partial charge is 0.491 e. The molecule has 174 valence electrons. The maximum Gasteiger partial charge on any atom is 0.242 e. The van der Waals surface area contributed by atoms with Crippen molar-refractivity contribution in [1.82, 2.24) is 9.80 Å². The first-order valence-corrected chi connectivity index (χ1v) is 12.5. The van der Waals surface area contributed by atoms with E-state index in [2.05, 4.69) is 51.3 Å². The topological polar surface area (TPSA) is 49.9 Å². The van der Waals surface area contributed by atoms with E-state index in [1.165, 1.54) is 16.0 Å². The third kappa shape index (κ3) is 5.91. The number of fused-ring (bicyclic) bond motifs is 1. The van der Waals surface area contributed by atoms with Gasteiger partial charge in [-0.3, -0.25) is 9.59 Å². The zero-order valence-electron chi connectivity index (χ0n) is 20.0. The van der Waals surface area contributed by atoms with Gasteiger partial charge in [-0.1, -0.05) is 46.8 Å². The molecular weight excluding hydrogens is 420 g/mol. The third-order valence-corrected chi connectivity index (χ3v) is 6.93. The van der Waals surface area contributed by atoms with Crippen molar-refractivity contribution in [2.75, 3.05) is 26.2 Å². The number of thiophene rings is 1. The number of hydrogen-bond donors (Lipinski definition) is 0. The summed E-state index contributed by atoms with van der Waals surface area (Å²) in [4.78, 5) is 30.7. The van der Waals surface area contributed by atoms with E-state index in [1.54, 1.807) is 16.2 Å². The highest BCUT2D eigenvalue weighted by atomic mass is 32.1. The van der Waals surface area contributed by atoms with Crippen LogP contribution in [0.3, 0.4) is 0 Å². The third-order valence-electron chi connectivity index (χ3n) is 5.94. The predicted molar refractivity (Wildman–Crippen MR) is 130 cm³/mol. The SMILES string of the molecule is CCC(=O)N(CC(=O)N1CCc2sccc2C1COc1ccc(C(C)C)cc1)CC(C)C. The van der Waals surface area contributed by atoms with Gasteiger partial charge in [0.15, 0.2) is 0 Å². The summed E-state index contributed by atoms with van der Waals surface area (Å²) < 4.78 is 6.16. The van der Waals surface area contributed by atoms with E-state index >= 15 is 0 Å². The summed E-state index contributed by atoms with van der Waals surface area (Å²) in [6.07, 6.45) is 1.26. The molecule has 1 aliphatic rings. The Hall–Kier alpha value is -2.34. The lowest BCUT2D eigenvalue weighted by Crippen LogP contribution is -2.48. The van der Waals surface area contributed by atoms with Crippen LogP contribution in [0.5, 0.6) is 5.75 Å². The monoisotopic (exact) mass is 456 g/mol.